The highest BCUT2D eigenvalue weighted by Crippen LogP contribution is 2.12. The van der Waals surface area contributed by atoms with Crippen LogP contribution in [0.15, 0.2) is 36.4 Å². The van der Waals surface area contributed by atoms with E-state index < -0.39 is 24.0 Å². The third-order valence-electron chi connectivity index (χ3n) is 2.89. The molecule has 23 heavy (non-hydrogen) atoms. The third kappa shape index (κ3) is 6.65. The number of benzene rings is 1. The Bertz CT molecular complexity index is 592. The number of halogens is 1. The molecule has 1 aromatic carbocycles. The topological polar surface area (TPSA) is 69.7 Å². The molecule has 0 spiro atoms. The summed E-state index contributed by atoms with van der Waals surface area (Å²) in [6, 6.07) is 6.61. The SMILES string of the molecule is C=C(C)C(=O)OC(CCC)C(=O)OC(=O)Cc1ccc(Cl)cc1. The van der Waals surface area contributed by atoms with Crippen LogP contribution in [-0.2, 0) is 30.3 Å². The number of esters is 3. The fourth-order valence-electron chi connectivity index (χ4n) is 1.70. The van der Waals surface area contributed by atoms with E-state index in [0.29, 0.717) is 17.0 Å². The van der Waals surface area contributed by atoms with Gasteiger partial charge in [-0.2, -0.15) is 0 Å². The van der Waals surface area contributed by atoms with Gasteiger partial charge in [-0.1, -0.05) is 43.7 Å². The summed E-state index contributed by atoms with van der Waals surface area (Å²) in [6.07, 6.45) is -0.324. The van der Waals surface area contributed by atoms with Crippen LogP contribution in [0.1, 0.15) is 32.3 Å². The van der Waals surface area contributed by atoms with E-state index >= 15 is 0 Å². The molecule has 124 valence electrons. The lowest BCUT2D eigenvalue weighted by atomic mass is 10.1. The van der Waals surface area contributed by atoms with Crippen LogP contribution < -0.4 is 0 Å². The van der Waals surface area contributed by atoms with Gasteiger partial charge in [0.05, 0.1) is 6.42 Å². The van der Waals surface area contributed by atoms with Crippen molar-refractivity contribution in [2.24, 2.45) is 0 Å². The Kier molecular flexibility index (Phi) is 7.48. The summed E-state index contributed by atoms with van der Waals surface area (Å²) in [7, 11) is 0. The lowest BCUT2D eigenvalue weighted by Gasteiger charge is -2.15. The van der Waals surface area contributed by atoms with Crippen LogP contribution >= 0.6 is 11.6 Å². The molecule has 0 saturated carbocycles. The molecule has 0 aliphatic heterocycles. The number of carbonyl (C=O) groups is 3. The van der Waals surface area contributed by atoms with Crippen LogP contribution in [0.25, 0.3) is 0 Å². The largest absolute Gasteiger partial charge is 0.447 e. The lowest BCUT2D eigenvalue weighted by molar-refractivity contribution is -0.172. The number of hydrogen-bond donors (Lipinski definition) is 0. The Hall–Kier alpha value is -2.14. The van der Waals surface area contributed by atoms with Crippen molar-refractivity contribution in [2.75, 3.05) is 0 Å². The summed E-state index contributed by atoms with van der Waals surface area (Å²) >= 11 is 5.76. The minimum absolute atomic E-state index is 0.0732. The van der Waals surface area contributed by atoms with Gasteiger partial charge in [-0.25, -0.2) is 9.59 Å². The van der Waals surface area contributed by atoms with Gasteiger partial charge in [-0.15, -0.1) is 0 Å². The summed E-state index contributed by atoms with van der Waals surface area (Å²) in [5.74, 6) is -2.28. The number of rotatable bonds is 7. The van der Waals surface area contributed by atoms with Crippen molar-refractivity contribution in [1.29, 1.82) is 0 Å². The van der Waals surface area contributed by atoms with E-state index in [9.17, 15) is 14.4 Å². The lowest BCUT2D eigenvalue weighted by Crippen LogP contribution is -2.31. The monoisotopic (exact) mass is 338 g/mol. The predicted molar refractivity (Wildman–Crippen MR) is 85.9 cm³/mol. The zero-order valence-corrected chi connectivity index (χ0v) is 13.9. The number of hydrogen-bond acceptors (Lipinski definition) is 5. The average molecular weight is 339 g/mol. The summed E-state index contributed by atoms with van der Waals surface area (Å²) in [5.41, 5.74) is 0.838. The molecule has 0 aliphatic rings. The van der Waals surface area contributed by atoms with Gasteiger partial charge >= 0.3 is 17.9 Å². The average Bonchev–Trinajstić information content (AvgIpc) is 2.48. The second kappa shape index (κ2) is 9.10. The van der Waals surface area contributed by atoms with Gasteiger partial charge in [0.15, 0.2) is 6.10 Å². The Morgan fingerprint density at radius 1 is 1.22 bits per heavy atom. The van der Waals surface area contributed by atoms with Crippen molar-refractivity contribution in [3.8, 4) is 0 Å². The fraction of sp³-hybridized carbons (Fsp3) is 0.353. The molecule has 1 atom stereocenters. The highest BCUT2D eigenvalue weighted by Gasteiger charge is 2.26. The molecule has 0 amide bonds. The molecule has 5 nitrogen and oxygen atoms in total. The fourth-order valence-corrected chi connectivity index (χ4v) is 1.83. The van der Waals surface area contributed by atoms with Gasteiger partial charge in [0.2, 0.25) is 0 Å². The maximum Gasteiger partial charge on any atom is 0.355 e. The Balaban J connectivity index is 2.62. The molecule has 0 heterocycles. The molecular formula is C17H19ClO5. The maximum absolute atomic E-state index is 12.0. The minimum atomic E-state index is -1.11. The Morgan fingerprint density at radius 2 is 1.83 bits per heavy atom. The van der Waals surface area contributed by atoms with Gasteiger partial charge in [0, 0.05) is 10.6 Å². The van der Waals surface area contributed by atoms with Crippen LogP contribution in [-0.4, -0.2) is 24.0 Å². The van der Waals surface area contributed by atoms with E-state index in [1.807, 2.05) is 6.92 Å². The first-order valence-corrected chi connectivity index (χ1v) is 7.56. The highest BCUT2D eigenvalue weighted by molar-refractivity contribution is 6.30. The zero-order chi connectivity index (χ0) is 17.4. The van der Waals surface area contributed by atoms with Crippen molar-refractivity contribution in [3.63, 3.8) is 0 Å². The maximum atomic E-state index is 12.0. The molecule has 1 unspecified atom stereocenters. The molecule has 0 bridgehead atoms. The van der Waals surface area contributed by atoms with Crippen molar-refractivity contribution in [2.45, 2.75) is 39.2 Å². The first kappa shape index (κ1) is 18.9. The van der Waals surface area contributed by atoms with Crippen molar-refractivity contribution in [1.82, 2.24) is 0 Å². The first-order valence-electron chi connectivity index (χ1n) is 7.19. The van der Waals surface area contributed by atoms with Crippen molar-refractivity contribution in [3.05, 3.63) is 47.0 Å². The second-order valence-corrected chi connectivity index (χ2v) is 5.50. The van der Waals surface area contributed by atoms with Crippen LogP contribution in [0.5, 0.6) is 0 Å². The van der Waals surface area contributed by atoms with Crippen LogP contribution in [0.2, 0.25) is 5.02 Å². The smallest absolute Gasteiger partial charge is 0.355 e. The van der Waals surface area contributed by atoms with E-state index in [4.69, 9.17) is 21.1 Å². The standard InChI is InChI=1S/C17H19ClO5/c1-4-5-14(22-16(20)11(2)3)17(21)23-15(19)10-12-6-8-13(18)9-7-12/h6-9,14H,2,4-5,10H2,1,3H3. The summed E-state index contributed by atoms with van der Waals surface area (Å²) < 4.78 is 9.76. The first-order chi connectivity index (χ1) is 10.8. The second-order valence-electron chi connectivity index (χ2n) is 5.06. The quantitative estimate of drug-likeness (QED) is 0.433. The summed E-state index contributed by atoms with van der Waals surface area (Å²) in [5, 5.41) is 0.549. The molecule has 0 saturated heterocycles. The summed E-state index contributed by atoms with van der Waals surface area (Å²) in [6.45, 7) is 6.75. The van der Waals surface area contributed by atoms with Crippen LogP contribution in [0, 0.1) is 0 Å². The van der Waals surface area contributed by atoms with Gasteiger partial charge < -0.3 is 9.47 Å². The van der Waals surface area contributed by atoms with E-state index in [1.165, 1.54) is 6.92 Å². The molecule has 0 fully saturated rings. The van der Waals surface area contributed by atoms with Gasteiger partial charge in [-0.3, -0.25) is 4.79 Å². The van der Waals surface area contributed by atoms with Crippen LogP contribution in [0.3, 0.4) is 0 Å². The predicted octanol–water partition coefficient (Wildman–Crippen LogP) is 3.24. The molecule has 1 aromatic rings. The molecular weight excluding hydrogens is 320 g/mol. The summed E-state index contributed by atoms with van der Waals surface area (Å²) in [4.78, 5) is 35.3. The van der Waals surface area contributed by atoms with E-state index in [0.717, 1.165) is 0 Å². The van der Waals surface area contributed by atoms with Gasteiger partial charge in [0.1, 0.15) is 0 Å². The Labute approximate surface area is 140 Å². The van der Waals surface area contributed by atoms with E-state index in [1.54, 1.807) is 24.3 Å². The molecule has 1 rings (SSSR count). The molecule has 0 aliphatic carbocycles. The van der Waals surface area contributed by atoms with Crippen LogP contribution in [0.4, 0.5) is 0 Å². The van der Waals surface area contributed by atoms with Gasteiger partial charge in [0.25, 0.3) is 0 Å². The third-order valence-corrected chi connectivity index (χ3v) is 3.14. The van der Waals surface area contributed by atoms with Gasteiger partial charge in [-0.05, 0) is 31.0 Å². The minimum Gasteiger partial charge on any atom is -0.447 e. The zero-order valence-electron chi connectivity index (χ0n) is 13.1. The van der Waals surface area contributed by atoms with Crippen molar-refractivity contribution >= 4 is 29.5 Å². The normalized spacial score (nSPS) is 11.4. The number of ether oxygens (including phenoxy) is 2. The molecule has 0 aromatic heterocycles. The molecule has 0 radical (unpaired) electrons. The number of carbonyl (C=O) groups excluding carboxylic acids is 3. The van der Waals surface area contributed by atoms with E-state index in [2.05, 4.69) is 6.58 Å². The van der Waals surface area contributed by atoms with E-state index in [-0.39, 0.29) is 18.4 Å². The molecule has 0 N–H and O–H groups in total. The Morgan fingerprint density at radius 3 is 2.35 bits per heavy atom. The molecule has 6 heteroatoms. The highest BCUT2D eigenvalue weighted by atomic mass is 35.5. The van der Waals surface area contributed by atoms with Crippen molar-refractivity contribution < 1.29 is 23.9 Å².